The van der Waals surface area contributed by atoms with Crippen molar-refractivity contribution >= 4 is 23.5 Å². The molecule has 1 aromatic rings. The van der Waals surface area contributed by atoms with Crippen molar-refractivity contribution in [2.24, 2.45) is 0 Å². The molecule has 0 aliphatic carbocycles. The minimum Gasteiger partial charge on any atom is -0.465 e. The molecule has 0 spiro atoms. The van der Waals surface area contributed by atoms with Crippen LogP contribution in [-0.4, -0.2) is 50.1 Å². The van der Waals surface area contributed by atoms with Gasteiger partial charge in [-0.2, -0.15) is 0 Å². The number of hydrogen-bond donors (Lipinski definition) is 0. The van der Waals surface area contributed by atoms with Crippen molar-refractivity contribution < 1.29 is 23.9 Å². The first-order chi connectivity index (χ1) is 13.6. The van der Waals surface area contributed by atoms with Gasteiger partial charge in [0.15, 0.2) is 0 Å². The van der Waals surface area contributed by atoms with Crippen LogP contribution in [0.1, 0.15) is 23.2 Å². The van der Waals surface area contributed by atoms with Gasteiger partial charge in [-0.15, -0.1) is 0 Å². The molecule has 0 unspecified atom stereocenters. The number of rotatable bonds is 4. The van der Waals surface area contributed by atoms with E-state index >= 15 is 0 Å². The zero-order valence-electron chi connectivity index (χ0n) is 15.9. The second kappa shape index (κ2) is 8.56. The normalized spacial score (nSPS) is 16.2. The first-order valence-corrected chi connectivity index (χ1v) is 9.01. The highest BCUT2D eigenvalue weighted by molar-refractivity contribution is 6.05. The van der Waals surface area contributed by atoms with Gasteiger partial charge in [-0.25, -0.2) is 9.59 Å². The summed E-state index contributed by atoms with van der Waals surface area (Å²) >= 11 is 0. The number of anilines is 1. The molecular formula is C21H22N2O5. The van der Waals surface area contributed by atoms with Crippen molar-refractivity contribution in [1.82, 2.24) is 4.90 Å². The number of hydrogen-bond acceptors (Lipinski definition) is 6. The zero-order chi connectivity index (χ0) is 20.1. The number of carbonyl (C=O) groups excluding carboxylic acids is 3. The van der Waals surface area contributed by atoms with E-state index in [1.807, 2.05) is 4.90 Å². The predicted octanol–water partition coefficient (Wildman–Crippen LogP) is 2.41. The summed E-state index contributed by atoms with van der Waals surface area (Å²) in [5.41, 5.74) is 1.31. The largest absolute Gasteiger partial charge is 0.465 e. The van der Waals surface area contributed by atoms with Crippen LogP contribution in [0, 0.1) is 0 Å². The Kier molecular flexibility index (Phi) is 5.93. The Balaban J connectivity index is 1.96. The molecule has 0 atom stereocenters. The van der Waals surface area contributed by atoms with E-state index in [0.717, 1.165) is 25.9 Å². The third kappa shape index (κ3) is 3.83. The van der Waals surface area contributed by atoms with Crippen LogP contribution in [0.4, 0.5) is 5.69 Å². The van der Waals surface area contributed by atoms with Gasteiger partial charge < -0.3 is 19.3 Å². The summed E-state index contributed by atoms with van der Waals surface area (Å²) in [5, 5.41) is 0. The third-order valence-corrected chi connectivity index (χ3v) is 4.67. The molecule has 0 N–H and O–H groups in total. The van der Waals surface area contributed by atoms with Crippen LogP contribution >= 0.6 is 0 Å². The number of nitrogens with zero attached hydrogens (tertiary/aromatic N) is 2. The summed E-state index contributed by atoms with van der Waals surface area (Å²) < 4.78 is 9.68. The average Bonchev–Trinajstić information content (AvgIpc) is 3.18. The van der Waals surface area contributed by atoms with E-state index in [1.54, 1.807) is 47.5 Å². The molecule has 0 saturated carbocycles. The van der Waals surface area contributed by atoms with Gasteiger partial charge in [0, 0.05) is 30.5 Å². The Bertz CT molecular complexity index is 861. The number of allylic oxidation sites excluding steroid dienone is 2. The molecule has 1 aromatic carbocycles. The van der Waals surface area contributed by atoms with Gasteiger partial charge in [0.25, 0.3) is 5.91 Å². The van der Waals surface area contributed by atoms with E-state index in [1.165, 1.54) is 20.3 Å². The molecule has 2 heterocycles. The number of ether oxygens (including phenoxy) is 2. The number of methoxy groups -OCH3 is 2. The highest BCUT2D eigenvalue weighted by Gasteiger charge is 2.27. The van der Waals surface area contributed by atoms with Crippen LogP contribution in [0.25, 0.3) is 0 Å². The molecule has 2 aliphatic heterocycles. The van der Waals surface area contributed by atoms with Crippen LogP contribution in [0.3, 0.4) is 0 Å². The Morgan fingerprint density at radius 2 is 1.54 bits per heavy atom. The molecule has 2 aliphatic rings. The van der Waals surface area contributed by atoms with Crippen molar-refractivity contribution in [3.63, 3.8) is 0 Å². The predicted molar refractivity (Wildman–Crippen MR) is 103 cm³/mol. The summed E-state index contributed by atoms with van der Waals surface area (Å²) in [7, 11) is 2.50. The summed E-state index contributed by atoms with van der Waals surface area (Å²) in [6.45, 7) is 1.55. The standard InChI is InChI=1S/C21H22N2O5/c1-27-20(25)17-7-3-4-14-23(18(17)21(26)28-2)16-10-8-15(9-11-16)19(24)22-12-5-6-13-22/h3-4,7-11,14H,5-6,12-13H2,1-2H3. The minimum absolute atomic E-state index is 0.00360. The molecule has 1 saturated heterocycles. The van der Waals surface area contributed by atoms with Gasteiger partial charge >= 0.3 is 11.9 Å². The molecule has 1 amide bonds. The first-order valence-electron chi connectivity index (χ1n) is 9.01. The summed E-state index contributed by atoms with van der Waals surface area (Å²) in [6.07, 6.45) is 8.54. The van der Waals surface area contributed by atoms with Crippen molar-refractivity contribution in [2.75, 3.05) is 32.2 Å². The van der Waals surface area contributed by atoms with Gasteiger partial charge in [0.2, 0.25) is 0 Å². The number of carbonyl (C=O) groups is 3. The van der Waals surface area contributed by atoms with Gasteiger partial charge in [0.05, 0.1) is 19.8 Å². The Morgan fingerprint density at radius 1 is 0.893 bits per heavy atom. The lowest BCUT2D eigenvalue weighted by atomic mass is 10.1. The summed E-state index contributed by atoms with van der Waals surface area (Å²) in [4.78, 5) is 40.5. The van der Waals surface area contributed by atoms with Crippen molar-refractivity contribution in [3.8, 4) is 0 Å². The monoisotopic (exact) mass is 382 g/mol. The number of benzene rings is 1. The Morgan fingerprint density at radius 3 is 2.14 bits per heavy atom. The molecule has 0 bridgehead atoms. The van der Waals surface area contributed by atoms with Gasteiger partial charge in [0.1, 0.15) is 5.70 Å². The zero-order valence-corrected chi connectivity index (χ0v) is 15.9. The number of esters is 2. The number of amides is 1. The molecular weight excluding hydrogens is 360 g/mol. The fourth-order valence-corrected chi connectivity index (χ4v) is 3.23. The van der Waals surface area contributed by atoms with E-state index in [-0.39, 0.29) is 17.2 Å². The summed E-state index contributed by atoms with van der Waals surface area (Å²) in [5.74, 6) is -1.32. The SMILES string of the molecule is COC(=O)C1=C(C(=O)OC)N(c2ccc(C(=O)N3CCCC3)cc2)C=CC=C1. The highest BCUT2D eigenvalue weighted by atomic mass is 16.5. The lowest BCUT2D eigenvalue weighted by Crippen LogP contribution is -2.28. The topological polar surface area (TPSA) is 76.2 Å². The van der Waals surface area contributed by atoms with E-state index in [0.29, 0.717) is 11.3 Å². The maximum absolute atomic E-state index is 12.5. The fourth-order valence-electron chi connectivity index (χ4n) is 3.23. The lowest BCUT2D eigenvalue weighted by molar-refractivity contribution is -0.139. The second-order valence-corrected chi connectivity index (χ2v) is 6.36. The molecule has 1 fully saturated rings. The van der Waals surface area contributed by atoms with E-state index < -0.39 is 11.9 Å². The molecule has 7 heteroatoms. The quantitative estimate of drug-likeness (QED) is 0.745. The van der Waals surface area contributed by atoms with Crippen LogP contribution in [-0.2, 0) is 19.1 Å². The molecule has 3 rings (SSSR count). The molecule has 0 aromatic heterocycles. The maximum Gasteiger partial charge on any atom is 0.355 e. The van der Waals surface area contributed by atoms with Crippen molar-refractivity contribution in [3.05, 3.63) is 65.5 Å². The van der Waals surface area contributed by atoms with E-state index in [4.69, 9.17) is 9.47 Å². The lowest BCUT2D eigenvalue weighted by Gasteiger charge is -2.23. The van der Waals surface area contributed by atoms with Crippen LogP contribution in [0.15, 0.2) is 60.0 Å². The van der Waals surface area contributed by atoms with Crippen LogP contribution in [0.2, 0.25) is 0 Å². The molecule has 146 valence electrons. The Hall–Kier alpha value is -3.35. The smallest absolute Gasteiger partial charge is 0.355 e. The van der Waals surface area contributed by atoms with Gasteiger partial charge in [-0.3, -0.25) is 4.79 Å². The maximum atomic E-state index is 12.5. The first kappa shape index (κ1) is 19.4. The van der Waals surface area contributed by atoms with Crippen LogP contribution in [0.5, 0.6) is 0 Å². The molecule has 28 heavy (non-hydrogen) atoms. The highest BCUT2D eigenvalue weighted by Crippen LogP contribution is 2.27. The van der Waals surface area contributed by atoms with E-state index in [2.05, 4.69) is 0 Å². The van der Waals surface area contributed by atoms with Gasteiger partial charge in [-0.05, 0) is 49.3 Å². The molecule has 0 radical (unpaired) electrons. The minimum atomic E-state index is -0.672. The summed E-state index contributed by atoms with van der Waals surface area (Å²) in [6, 6.07) is 6.90. The fraction of sp³-hybridized carbons (Fsp3) is 0.286. The third-order valence-electron chi connectivity index (χ3n) is 4.67. The van der Waals surface area contributed by atoms with Crippen molar-refractivity contribution in [2.45, 2.75) is 12.8 Å². The van der Waals surface area contributed by atoms with Gasteiger partial charge in [-0.1, -0.05) is 6.08 Å². The Labute approximate surface area is 163 Å². The van der Waals surface area contributed by atoms with E-state index in [9.17, 15) is 14.4 Å². The second-order valence-electron chi connectivity index (χ2n) is 6.36. The molecule has 7 nitrogen and oxygen atoms in total. The number of likely N-dealkylation sites (tertiary alicyclic amines) is 1. The average molecular weight is 382 g/mol. The van der Waals surface area contributed by atoms with Crippen LogP contribution < -0.4 is 4.90 Å². The van der Waals surface area contributed by atoms with Crippen molar-refractivity contribution in [1.29, 1.82) is 0 Å².